The fraction of sp³-hybridized carbons (Fsp3) is 0.500. The van der Waals surface area contributed by atoms with Crippen LogP contribution in [0.1, 0.15) is 30.0 Å². The standard InChI is InChI=1S/C20H23N5O2/c26-17-5-1-2-8-24(17)13-18(27)25-11-15-9-14-10-21-20(23-6-3-4-7-23)22-19(14)16(15)12-25/h1-2,5,8,10,15-16H,3-4,6-7,9,11-13H2. The maximum Gasteiger partial charge on any atom is 0.250 e. The van der Waals surface area contributed by atoms with Gasteiger partial charge < -0.3 is 14.4 Å². The maximum absolute atomic E-state index is 12.7. The SMILES string of the molecule is O=C(Cn1ccccc1=O)N1CC2Cc3cnc(N4CCCC4)nc3C2C1. The molecule has 2 aromatic rings. The Balaban J connectivity index is 1.32. The number of rotatable bonds is 3. The highest BCUT2D eigenvalue weighted by molar-refractivity contribution is 5.76. The van der Waals surface area contributed by atoms with E-state index < -0.39 is 0 Å². The number of hydrogen-bond acceptors (Lipinski definition) is 5. The molecule has 7 heteroatoms. The molecule has 2 fully saturated rings. The second-order valence-corrected chi connectivity index (χ2v) is 7.81. The Morgan fingerprint density at radius 3 is 2.85 bits per heavy atom. The lowest BCUT2D eigenvalue weighted by Crippen LogP contribution is -2.35. The van der Waals surface area contributed by atoms with E-state index in [1.807, 2.05) is 11.1 Å². The molecule has 0 aromatic carbocycles. The number of fused-ring (bicyclic) bond motifs is 3. The average molecular weight is 365 g/mol. The average Bonchev–Trinajstić information content (AvgIpc) is 3.39. The summed E-state index contributed by atoms with van der Waals surface area (Å²) in [6, 6.07) is 4.96. The molecule has 2 unspecified atom stereocenters. The van der Waals surface area contributed by atoms with Crippen molar-refractivity contribution < 1.29 is 4.79 Å². The Bertz CT molecular complexity index is 934. The van der Waals surface area contributed by atoms with Gasteiger partial charge in [-0.1, -0.05) is 6.07 Å². The molecule has 0 spiro atoms. The van der Waals surface area contributed by atoms with E-state index >= 15 is 0 Å². The summed E-state index contributed by atoms with van der Waals surface area (Å²) in [5.74, 6) is 1.56. The van der Waals surface area contributed by atoms with E-state index in [1.165, 1.54) is 29.0 Å². The molecule has 0 N–H and O–H groups in total. The third kappa shape index (κ3) is 2.91. The molecule has 1 aliphatic carbocycles. The van der Waals surface area contributed by atoms with Crippen molar-refractivity contribution >= 4 is 11.9 Å². The van der Waals surface area contributed by atoms with Crippen LogP contribution in [0.4, 0.5) is 5.95 Å². The van der Waals surface area contributed by atoms with E-state index in [2.05, 4.69) is 9.88 Å². The zero-order valence-electron chi connectivity index (χ0n) is 15.3. The molecule has 2 saturated heterocycles. The van der Waals surface area contributed by atoms with Crippen LogP contribution in [0.5, 0.6) is 0 Å². The molecule has 2 aliphatic heterocycles. The minimum atomic E-state index is -0.140. The van der Waals surface area contributed by atoms with E-state index in [0.717, 1.165) is 37.7 Å². The minimum absolute atomic E-state index is 0.00747. The molecule has 27 heavy (non-hydrogen) atoms. The van der Waals surface area contributed by atoms with Crippen LogP contribution in [-0.4, -0.2) is 51.5 Å². The quantitative estimate of drug-likeness (QED) is 0.813. The summed E-state index contributed by atoms with van der Waals surface area (Å²) in [6.07, 6.45) is 7.00. The number of anilines is 1. The topological polar surface area (TPSA) is 71.3 Å². The first-order valence-corrected chi connectivity index (χ1v) is 9.73. The predicted octanol–water partition coefficient (Wildman–Crippen LogP) is 1.04. The van der Waals surface area contributed by atoms with Crippen molar-refractivity contribution in [1.29, 1.82) is 0 Å². The summed E-state index contributed by atoms with van der Waals surface area (Å²) >= 11 is 0. The number of likely N-dealkylation sites (tertiary alicyclic amines) is 1. The molecule has 140 valence electrons. The highest BCUT2D eigenvalue weighted by Gasteiger charge is 2.43. The third-order valence-corrected chi connectivity index (χ3v) is 6.11. The van der Waals surface area contributed by atoms with Crippen molar-refractivity contribution in [3.63, 3.8) is 0 Å². The Kier molecular flexibility index (Phi) is 3.95. The molecule has 2 atom stereocenters. The first-order chi connectivity index (χ1) is 13.2. The fourth-order valence-corrected chi connectivity index (χ4v) is 4.67. The van der Waals surface area contributed by atoms with Crippen LogP contribution in [0, 0.1) is 5.92 Å². The molecule has 2 aromatic heterocycles. The van der Waals surface area contributed by atoms with Crippen molar-refractivity contribution in [3.8, 4) is 0 Å². The van der Waals surface area contributed by atoms with E-state index in [1.54, 1.807) is 18.3 Å². The number of carbonyl (C=O) groups excluding carboxylic acids is 1. The third-order valence-electron chi connectivity index (χ3n) is 6.11. The van der Waals surface area contributed by atoms with Gasteiger partial charge in [0.05, 0.1) is 5.69 Å². The first-order valence-electron chi connectivity index (χ1n) is 9.73. The van der Waals surface area contributed by atoms with Gasteiger partial charge in [0.2, 0.25) is 11.9 Å². The van der Waals surface area contributed by atoms with Gasteiger partial charge in [-0.25, -0.2) is 9.97 Å². The number of nitrogens with zero attached hydrogens (tertiary/aromatic N) is 5. The van der Waals surface area contributed by atoms with E-state index in [0.29, 0.717) is 18.4 Å². The molecule has 1 amide bonds. The highest BCUT2D eigenvalue weighted by Crippen LogP contribution is 2.42. The van der Waals surface area contributed by atoms with Gasteiger partial charge in [0, 0.05) is 50.6 Å². The zero-order valence-corrected chi connectivity index (χ0v) is 15.3. The van der Waals surface area contributed by atoms with Crippen LogP contribution in [0.15, 0.2) is 35.4 Å². The van der Waals surface area contributed by atoms with Crippen LogP contribution in [0.25, 0.3) is 0 Å². The van der Waals surface area contributed by atoms with Gasteiger partial charge in [-0.3, -0.25) is 9.59 Å². The van der Waals surface area contributed by atoms with Gasteiger partial charge in [-0.2, -0.15) is 0 Å². The number of pyridine rings is 1. The van der Waals surface area contributed by atoms with E-state index in [-0.39, 0.29) is 18.0 Å². The van der Waals surface area contributed by atoms with Crippen LogP contribution in [0.3, 0.4) is 0 Å². The van der Waals surface area contributed by atoms with Crippen molar-refractivity contribution in [1.82, 2.24) is 19.4 Å². The number of carbonyl (C=O) groups is 1. The molecule has 4 heterocycles. The summed E-state index contributed by atoms with van der Waals surface area (Å²) < 4.78 is 1.47. The van der Waals surface area contributed by atoms with Gasteiger partial charge in [0.25, 0.3) is 5.56 Å². The Morgan fingerprint density at radius 1 is 1.19 bits per heavy atom. The van der Waals surface area contributed by atoms with Crippen molar-refractivity contribution in [2.75, 3.05) is 31.1 Å². The predicted molar refractivity (Wildman–Crippen MR) is 101 cm³/mol. The largest absolute Gasteiger partial charge is 0.341 e. The lowest BCUT2D eigenvalue weighted by molar-refractivity contribution is -0.131. The van der Waals surface area contributed by atoms with Crippen LogP contribution in [0.2, 0.25) is 0 Å². The van der Waals surface area contributed by atoms with Gasteiger partial charge in [0.15, 0.2) is 0 Å². The Hall–Kier alpha value is -2.70. The Labute approximate surface area is 157 Å². The van der Waals surface area contributed by atoms with Crippen LogP contribution in [-0.2, 0) is 17.8 Å². The van der Waals surface area contributed by atoms with Crippen molar-refractivity contribution in [3.05, 3.63) is 52.2 Å². The molecular formula is C20H23N5O2. The van der Waals surface area contributed by atoms with Gasteiger partial charge in [0.1, 0.15) is 6.54 Å². The summed E-state index contributed by atoms with van der Waals surface area (Å²) in [5.41, 5.74) is 2.22. The number of amides is 1. The molecule has 3 aliphatic rings. The van der Waals surface area contributed by atoms with Crippen molar-refractivity contribution in [2.24, 2.45) is 5.92 Å². The lowest BCUT2D eigenvalue weighted by atomic mass is 9.99. The minimum Gasteiger partial charge on any atom is -0.341 e. The first kappa shape index (κ1) is 16.5. The smallest absolute Gasteiger partial charge is 0.250 e. The van der Waals surface area contributed by atoms with Gasteiger partial charge in [-0.15, -0.1) is 0 Å². The number of aromatic nitrogens is 3. The van der Waals surface area contributed by atoms with Crippen LogP contribution < -0.4 is 10.5 Å². The normalized spacial score (nSPS) is 23.6. The second kappa shape index (κ2) is 6.48. The Morgan fingerprint density at radius 2 is 2.04 bits per heavy atom. The summed E-state index contributed by atoms with van der Waals surface area (Å²) in [4.78, 5) is 38.2. The molecular weight excluding hydrogens is 342 g/mol. The summed E-state index contributed by atoms with van der Waals surface area (Å²) in [6.45, 7) is 3.59. The molecule has 7 nitrogen and oxygen atoms in total. The zero-order chi connectivity index (χ0) is 18.4. The molecule has 0 saturated carbocycles. The summed E-state index contributed by atoms with van der Waals surface area (Å²) in [5, 5.41) is 0. The van der Waals surface area contributed by atoms with Gasteiger partial charge >= 0.3 is 0 Å². The van der Waals surface area contributed by atoms with Crippen LogP contribution >= 0.6 is 0 Å². The van der Waals surface area contributed by atoms with Gasteiger partial charge in [-0.05, 0) is 36.8 Å². The molecule has 0 bridgehead atoms. The van der Waals surface area contributed by atoms with E-state index in [4.69, 9.17) is 4.98 Å². The molecule has 5 rings (SSSR count). The monoisotopic (exact) mass is 365 g/mol. The lowest BCUT2D eigenvalue weighted by Gasteiger charge is -2.19. The maximum atomic E-state index is 12.7. The molecule has 0 radical (unpaired) electrons. The number of hydrogen-bond donors (Lipinski definition) is 0. The summed E-state index contributed by atoms with van der Waals surface area (Å²) in [7, 11) is 0. The highest BCUT2D eigenvalue weighted by atomic mass is 16.2. The second-order valence-electron chi connectivity index (χ2n) is 7.81. The fourth-order valence-electron chi connectivity index (χ4n) is 4.67. The van der Waals surface area contributed by atoms with E-state index in [9.17, 15) is 9.59 Å². The van der Waals surface area contributed by atoms with Crippen molar-refractivity contribution in [2.45, 2.75) is 31.7 Å².